The van der Waals surface area contributed by atoms with Gasteiger partial charge in [0.2, 0.25) is 11.8 Å². The zero-order chi connectivity index (χ0) is 29.8. The van der Waals surface area contributed by atoms with Crippen molar-refractivity contribution < 1.29 is 28.6 Å². The van der Waals surface area contributed by atoms with E-state index in [1.165, 1.54) is 30.4 Å². The minimum atomic E-state index is -1.52. The Hall–Kier alpha value is -2.30. The first-order valence-corrected chi connectivity index (χ1v) is 14.0. The zero-order valence-electron chi connectivity index (χ0n) is 23.0. The quantitative estimate of drug-likeness (QED) is 0.281. The van der Waals surface area contributed by atoms with Crippen LogP contribution in [0.15, 0.2) is 53.0 Å². The fraction of sp³-hybridized carbons (Fsp3) is 0.517. The minimum absolute atomic E-state index is 0.179. The number of rotatable bonds is 8. The van der Waals surface area contributed by atoms with Gasteiger partial charge in [-0.1, -0.05) is 56.1 Å². The summed E-state index contributed by atoms with van der Waals surface area (Å²) in [7, 11) is 0. The Morgan fingerprint density at radius 3 is 2.58 bits per heavy atom. The molecule has 220 valence electrons. The van der Waals surface area contributed by atoms with Gasteiger partial charge in [-0.3, -0.25) is 9.59 Å². The second kappa shape index (κ2) is 13.1. The zero-order valence-corrected chi connectivity index (χ0v) is 24.5. The Balaban J connectivity index is 2.18. The molecule has 0 aromatic heterocycles. The molecule has 1 saturated heterocycles. The van der Waals surface area contributed by atoms with Crippen LogP contribution in [0.3, 0.4) is 0 Å². The Morgan fingerprint density at radius 1 is 1.25 bits per heavy atom. The first kappa shape index (κ1) is 32.2. The van der Waals surface area contributed by atoms with Gasteiger partial charge in [-0.2, -0.15) is 0 Å². The standard InChI is InChI=1S/C29H37Cl2F2N3O4/c1-16-12-19(30)22(33)9-10-29(27(40)35-16)23(14-28(2,3)4)36-25(26(39)34-11-5-6-18(38)15-37)24(29)17-7-8-21(32)20(31)13-17/h7-10,12-13,18,23-25,36-38H,5-6,11,14-15H2,1-4H3,(H,34,39)(H,35,40)/b10-9+,16-12+,22-19-/t18-,23+,24-,25+,29-/m0/s1. The summed E-state index contributed by atoms with van der Waals surface area (Å²) in [5.74, 6) is -3.24. The smallest absolute Gasteiger partial charge is 0.237 e. The number of carbonyl (C=O) groups is 2. The van der Waals surface area contributed by atoms with Crippen molar-refractivity contribution in [2.24, 2.45) is 10.8 Å². The summed E-state index contributed by atoms with van der Waals surface area (Å²) in [5.41, 5.74) is -1.10. The van der Waals surface area contributed by atoms with Crippen molar-refractivity contribution in [3.8, 4) is 0 Å². The number of benzene rings is 1. The van der Waals surface area contributed by atoms with E-state index in [0.717, 1.165) is 6.08 Å². The number of nitrogens with one attached hydrogen (secondary N) is 3. The predicted molar refractivity (Wildman–Crippen MR) is 152 cm³/mol. The van der Waals surface area contributed by atoms with E-state index >= 15 is 4.39 Å². The lowest BCUT2D eigenvalue weighted by atomic mass is 9.64. The second-order valence-corrected chi connectivity index (χ2v) is 12.4. The molecule has 11 heteroatoms. The number of hydrogen-bond acceptors (Lipinski definition) is 5. The topological polar surface area (TPSA) is 111 Å². The molecule has 0 saturated carbocycles. The number of allylic oxidation sites excluding steroid dienone is 5. The third-order valence-electron chi connectivity index (χ3n) is 7.21. The number of hydrogen-bond donors (Lipinski definition) is 5. The fourth-order valence-corrected chi connectivity index (χ4v) is 5.82. The molecule has 0 aliphatic carbocycles. The molecule has 2 aliphatic heterocycles. The first-order valence-electron chi connectivity index (χ1n) is 13.2. The maximum atomic E-state index is 15.1. The van der Waals surface area contributed by atoms with E-state index in [0.29, 0.717) is 24.1 Å². The van der Waals surface area contributed by atoms with Crippen molar-refractivity contribution in [1.29, 1.82) is 0 Å². The predicted octanol–water partition coefficient (Wildman–Crippen LogP) is 4.59. The van der Waals surface area contributed by atoms with Gasteiger partial charge < -0.3 is 26.2 Å². The molecule has 3 rings (SSSR count). The van der Waals surface area contributed by atoms with E-state index in [1.807, 2.05) is 20.8 Å². The summed E-state index contributed by atoms with van der Waals surface area (Å²) in [5, 5.41) is 27.3. The molecule has 5 atom stereocenters. The van der Waals surface area contributed by atoms with Gasteiger partial charge in [-0.15, -0.1) is 0 Å². The highest BCUT2D eigenvalue weighted by Crippen LogP contribution is 2.52. The molecule has 5 N–H and O–H groups in total. The number of aliphatic hydroxyl groups excluding tert-OH is 2. The summed E-state index contributed by atoms with van der Waals surface area (Å²) >= 11 is 12.3. The third kappa shape index (κ3) is 7.31. The normalized spacial score (nSPS) is 30.1. The molecule has 2 aliphatic rings. The molecule has 2 amide bonds. The number of amides is 2. The van der Waals surface area contributed by atoms with Gasteiger partial charge in [-0.05, 0) is 61.4 Å². The second-order valence-electron chi connectivity index (χ2n) is 11.6. The Kier molecular flexibility index (Phi) is 10.6. The van der Waals surface area contributed by atoms with E-state index in [9.17, 15) is 19.1 Å². The Morgan fingerprint density at radius 2 is 1.95 bits per heavy atom. The van der Waals surface area contributed by atoms with Crippen LogP contribution in [0.25, 0.3) is 0 Å². The van der Waals surface area contributed by atoms with Crippen molar-refractivity contribution in [2.45, 2.75) is 71.1 Å². The monoisotopic (exact) mass is 599 g/mol. The minimum Gasteiger partial charge on any atom is -0.394 e. The van der Waals surface area contributed by atoms with Crippen LogP contribution in [-0.2, 0) is 9.59 Å². The highest BCUT2D eigenvalue weighted by Gasteiger charge is 2.61. The van der Waals surface area contributed by atoms with Gasteiger partial charge in [0.1, 0.15) is 11.6 Å². The van der Waals surface area contributed by atoms with Gasteiger partial charge in [0.25, 0.3) is 0 Å². The summed E-state index contributed by atoms with van der Waals surface area (Å²) in [6.07, 6.45) is 4.12. The van der Waals surface area contributed by atoms with Gasteiger partial charge in [0.05, 0.1) is 34.2 Å². The van der Waals surface area contributed by atoms with E-state index in [-0.39, 0.29) is 35.0 Å². The lowest BCUT2D eigenvalue weighted by Gasteiger charge is -2.38. The molecule has 1 spiro atoms. The highest BCUT2D eigenvalue weighted by molar-refractivity contribution is 6.31. The summed E-state index contributed by atoms with van der Waals surface area (Å²) in [6.45, 7) is 7.38. The van der Waals surface area contributed by atoms with E-state index in [4.69, 9.17) is 28.3 Å². The van der Waals surface area contributed by atoms with Crippen LogP contribution in [0.1, 0.15) is 58.4 Å². The molecule has 0 radical (unpaired) electrons. The van der Waals surface area contributed by atoms with Gasteiger partial charge in [-0.25, -0.2) is 8.78 Å². The van der Waals surface area contributed by atoms with Crippen molar-refractivity contribution in [3.63, 3.8) is 0 Å². The molecule has 2 heterocycles. The van der Waals surface area contributed by atoms with Crippen LogP contribution in [0, 0.1) is 16.6 Å². The molecule has 1 aromatic rings. The van der Waals surface area contributed by atoms with Crippen molar-refractivity contribution in [1.82, 2.24) is 16.0 Å². The Bertz CT molecular complexity index is 1210. The van der Waals surface area contributed by atoms with Gasteiger partial charge in [0, 0.05) is 24.2 Å². The molecule has 0 bridgehead atoms. The average molecular weight is 601 g/mol. The molecule has 1 aromatic carbocycles. The van der Waals surface area contributed by atoms with E-state index < -0.39 is 53.0 Å². The summed E-state index contributed by atoms with van der Waals surface area (Å²) in [6, 6.07) is 2.40. The molecule has 40 heavy (non-hydrogen) atoms. The van der Waals surface area contributed by atoms with Crippen molar-refractivity contribution >= 4 is 35.0 Å². The first-order chi connectivity index (χ1) is 18.7. The third-order valence-corrected chi connectivity index (χ3v) is 7.79. The van der Waals surface area contributed by atoms with Crippen LogP contribution in [0.2, 0.25) is 5.02 Å². The van der Waals surface area contributed by atoms with Crippen LogP contribution < -0.4 is 16.0 Å². The van der Waals surface area contributed by atoms with E-state index in [2.05, 4.69) is 16.0 Å². The SMILES string of the molecule is C\C1=C/C(Cl)=C(F)\C=C\[C@]2(C(=O)N1)[C@@H](CC(C)(C)C)N[C@@H](C(=O)NCCC[C@H](O)CO)[C@@H]2c1ccc(F)c(Cl)c1. The largest absolute Gasteiger partial charge is 0.394 e. The highest BCUT2D eigenvalue weighted by atomic mass is 35.5. The Labute approximate surface area is 243 Å². The number of halogens is 4. The number of carbonyl (C=O) groups excluding carboxylic acids is 2. The lowest BCUT2D eigenvalue weighted by molar-refractivity contribution is -0.129. The number of aliphatic hydroxyl groups is 2. The summed E-state index contributed by atoms with van der Waals surface area (Å²) in [4.78, 5) is 27.9. The summed E-state index contributed by atoms with van der Waals surface area (Å²) < 4.78 is 29.3. The molecular weight excluding hydrogens is 563 g/mol. The van der Waals surface area contributed by atoms with Crippen LogP contribution >= 0.6 is 23.2 Å². The molecule has 7 nitrogen and oxygen atoms in total. The van der Waals surface area contributed by atoms with Gasteiger partial charge in [0.15, 0.2) is 0 Å². The molecular formula is C29H37Cl2F2N3O4. The van der Waals surface area contributed by atoms with E-state index in [1.54, 1.807) is 6.92 Å². The molecule has 0 unspecified atom stereocenters. The van der Waals surface area contributed by atoms with Crippen molar-refractivity contribution in [2.75, 3.05) is 13.2 Å². The van der Waals surface area contributed by atoms with Gasteiger partial charge >= 0.3 is 0 Å². The average Bonchev–Trinajstić information content (AvgIpc) is 3.20. The maximum Gasteiger partial charge on any atom is 0.237 e. The van der Waals surface area contributed by atoms with Crippen LogP contribution in [-0.4, -0.2) is 53.4 Å². The lowest BCUT2D eigenvalue weighted by Crippen LogP contribution is -2.50. The fourth-order valence-electron chi connectivity index (χ4n) is 5.40. The maximum absolute atomic E-state index is 15.1. The van der Waals surface area contributed by atoms with Crippen molar-refractivity contribution in [3.05, 3.63) is 69.4 Å². The van der Waals surface area contributed by atoms with Crippen LogP contribution in [0.4, 0.5) is 8.78 Å². The van der Waals surface area contributed by atoms with Crippen LogP contribution in [0.5, 0.6) is 0 Å². The molecule has 1 fully saturated rings.